The quantitative estimate of drug-likeness (QED) is 0.395. The van der Waals surface area contributed by atoms with Gasteiger partial charge in [0.25, 0.3) is 0 Å². The maximum absolute atomic E-state index is 13.8. The lowest BCUT2D eigenvalue weighted by Crippen LogP contribution is -2.16. The van der Waals surface area contributed by atoms with Crippen LogP contribution in [0.2, 0.25) is 0 Å². The van der Waals surface area contributed by atoms with Crippen molar-refractivity contribution in [2.45, 2.75) is 27.0 Å². The van der Waals surface area contributed by atoms with Crippen LogP contribution in [0.1, 0.15) is 17.0 Å². The average Bonchev–Trinajstić information content (AvgIpc) is 2.88. The van der Waals surface area contributed by atoms with E-state index in [1.165, 1.54) is 36.9 Å². The molecule has 0 aliphatic heterocycles. The fourth-order valence-electron chi connectivity index (χ4n) is 2.74. The van der Waals surface area contributed by atoms with Crippen molar-refractivity contribution >= 4 is 22.6 Å². The summed E-state index contributed by atoms with van der Waals surface area (Å²) in [4.78, 5) is 26.7. The van der Waals surface area contributed by atoms with Gasteiger partial charge in [0.2, 0.25) is 0 Å². The van der Waals surface area contributed by atoms with Crippen LogP contribution in [0.15, 0.2) is 30.5 Å². The Hall–Kier alpha value is -3.36. The van der Waals surface area contributed by atoms with Crippen LogP contribution >= 0.6 is 0 Å². The van der Waals surface area contributed by atoms with Gasteiger partial charge in [0.1, 0.15) is 30.4 Å². The van der Waals surface area contributed by atoms with Gasteiger partial charge in [0.15, 0.2) is 0 Å². The van der Waals surface area contributed by atoms with E-state index in [0.29, 0.717) is 16.5 Å². The van der Waals surface area contributed by atoms with Gasteiger partial charge >= 0.3 is 11.7 Å². The number of hydrogen-bond acceptors (Lipinski definition) is 6. The number of pyridine rings is 1. The van der Waals surface area contributed by atoms with Crippen molar-refractivity contribution in [1.29, 1.82) is 0 Å². The van der Waals surface area contributed by atoms with Crippen LogP contribution in [0.5, 0.6) is 0 Å². The number of aryl methyl sites for hydroxylation is 1. The largest absolute Gasteiger partial charge is 0.459 e. The van der Waals surface area contributed by atoms with Crippen molar-refractivity contribution in [3.05, 3.63) is 63.3 Å². The number of nitro groups is 1. The van der Waals surface area contributed by atoms with Crippen LogP contribution in [0.25, 0.3) is 10.9 Å². The molecule has 9 heteroatoms. The summed E-state index contributed by atoms with van der Waals surface area (Å²) in [6.07, 6.45) is 1.53. The molecule has 1 aromatic carbocycles. The number of esters is 1. The second-order valence-corrected chi connectivity index (χ2v) is 5.70. The number of hydrogen-bond donors (Lipinski definition) is 0. The monoisotopic (exact) mass is 358 g/mol. The Labute approximate surface area is 147 Å². The summed E-state index contributed by atoms with van der Waals surface area (Å²) in [6, 6.07) is 6.01. The van der Waals surface area contributed by atoms with E-state index in [4.69, 9.17) is 4.74 Å². The van der Waals surface area contributed by atoms with E-state index in [9.17, 15) is 19.3 Å². The number of benzene rings is 1. The Morgan fingerprint density at radius 2 is 2.12 bits per heavy atom. The minimum Gasteiger partial charge on any atom is -0.459 e. The minimum atomic E-state index is -0.612. The summed E-state index contributed by atoms with van der Waals surface area (Å²) in [5.41, 5.74) is 1.37. The number of carbonyl (C=O) groups excluding carboxylic acids is 1. The third-order valence-corrected chi connectivity index (χ3v) is 3.99. The van der Waals surface area contributed by atoms with Crippen molar-refractivity contribution in [3.8, 4) is 0 Å². The molecule has 3 rings (SSSR count). The van der Waals surface area contributed by atoms with Crippen molar-refractivity contribution in [2.24, 2.45) is 0 Å². The molecular formula is C17H15FN4O4. The zero-order chi connectivity index (χ0) is 18.8. The predicted octanol–water partition coefficient (Wildman–Crippen LogP) is 2.84. The smallest absolute Gasteiger partial charge is 0.328 e. The third-order valence-electron chi connectivity index (χ3n) is 3.99. The van der Waals surface area contributed by atoms with E-state index in [2.05, 4.69) is 10.1 Å². The van der Waals surface area contributed by atoms with Gasteiger partial charge in [-0.1, -0.05) is 6.07 Å². The van der Waals surface area contributed by atoms with E-state index in [1.54, 1.807) is 12.1 Å². The molecule has 0 aliphatic carbocycles. The van der Waals surface area contributed by atoms with Crippen LogP contribution in [-0.2, 0) is 22.7 Å². The van der Waals surface area contributed by atoms with E-state index in [1.807, 2.05) is 0 Å². The first-order valence-electron chi connectivity index (χ1n) is 7.74. The fourth-order valence-corrected chi connectivity index (χ4v) is 2.74. The summed E-state index contributed by atoms with van der Waals surface area (Å²) < 4.78 is 20.2. The lowest BCUT2D eigenvalue weighted by molar-refractivity contribution is -0.386. The zero-order valence-electron chi connectivity index (χ0n) is 14.1. The lowest BCUT2D eigenvalue weighted by Gasteiger charge is -2.08. The fraction of sp³-hybridized carbons (Fsp3) is 0.235. The van der Waals surface area contributed by atoms with Gasteiger partial charge in [-0.15, -0.1) is 0 Å². The molecule has 8 nitrogen and oxygen atoms in total. The van der Waals surface area contributed by atoms with E-state index >= 15 is 0 Å². The van der Waals surface area contributed by atoms with Gasteiger partial charge in [-0.05, 0) is 32.0 Å². The molecule has 3 aromatic rings. The average molecular weight is 358 g/mol. The summed E-state index contributed by atoms with van der Waals surface area (Å²) >= 11 is 0. The van der Waals surface area contributed by atoms with Crippen LogP contribution in [0.3, 0.4) is 0 Å². The molecule has 0 saturated heterocycles. The van der Waals surface area contributed by atoms with E-state index < -0.39 is 16.7 Å². The normalized spacial score (nSPS) is 10.9. The van der Waals surface area contributed by atoms with E-state index in [-0.39, 0.29) is 30.2 Å². The molecule has 134 valence electrons. The Kier molecular flexibility index (Phi) is 4.61. The third kappa shape index (κ3) is 3.23. The first-order chi connectivity index (χ1) is 12.4. The first-order valence-corrected chi connectivity index (χ1v) is 7.74. The van der Waals surface area contributed by atoms with Crippen molar-refractivity contribution in [1.82, 2.24) is 14.8 Å². The highest BCUT2D eigenvalue weighted by atomic mass is 19.1. The number of aromatic nitrogens is 3. The molecule has 0 fully saturated rings. The Morgan fingerprint density at radius 3 is 2.81 bits per heavy atom. The standard InChI is InChI=1S/C17H15FN4O4/c1-10-17(22(24)25)11(2)21(20-10)8-15(23)26-9-12-5-6-14(18)13-4-3-7-19-16(12)13/h3-7H,8-9H2,1-2H3. The van der Waals surface area contributed by atoms with Crippen LogP contribution in [0.4, 0.5) is 10.1 Å². The molecule has 26 heavy (non-hydrogen) atoms. The molecular weight excluding hydrogens is 343 g/mol. The van der Waals surface area contributed by atoms with Crippen LogP contribution in [-0.4, -0.2) is 25.7 Å². The number of ether oxygens (including phenoxy) is 1. The van der Waals surface area contributed by atoms with Gasteiger partial charge in [-0.2, -0.15) is 5.10 Å². The van der Waals surface area contributed by atoms with Crippen molar-refractivity contribution in [2.75, 3.05) is 0 Å². The second-order valence-electron chi connectivity index (χ2n) is 5.70. The Morgan fingerprint density at radius 1 is 1.35 bits per heavy atom. The van der Waals surface area contributed by atoms with Crippen molar-refractivity contribution < 1.29 is 18.8 Å². The van der Waals surface area contributed by atoms with Gasteiger partial charge in [0, 0.05) is 17.1 Å². The molecule has 0 aliphatic rings. The molecule has 0 bridgehead atoms. The predicted molar refractivity (Wildman–Crippen MR) is 89.9 cm³/mol. The summed E-state index contributed by atoms with van der Waals surface area (Å²) in [6.45, 7) is 2.67. The van der Waals surface area contributed by atoms with Crippen molar-refractivity contribution in [3.63, 3.8) is 0 Å². The first kappa shape index (κ1) is 17.5. The number of halogens is 1. The zero-order valence-corrected chi connectivity index (χ0v) is 14.1. The van der Waals surface area contributed by atoms with Gasteiger partial charge in [-0.25, -0.2) is 4.39 Å². The topological polar surface area (TPSA) is 100 Å². The highest BCUT2D eigenvalue weighted by molar-refractivity contribution is 5.82. The molecule has 0 amide bonds. The molecule has 0 radical (unpaired) electrons. The maximum atomic E-state index is 13.8. The molecule has 2 heterocycles. The molecule has 0 spiro atoms. The lowest BCUT2D eigenvalue weighted by atomic mass is 10.1. The highest BCUT2D eigenvalue weighted by Gasteiger charge is 2.23. The summed E-state index contributed by atoms with van der Waals surface area (Å²) in [5.74, 6) is -1.02. The molecule has 0 saturated carbocycles. The SMILES string of the molecule is Cc1nn(CC(=O)OCc2ccc(F)c3cccnc23)c(C)c1[N+](=O)[O-]. The summed E-state index contributed by atoms with van der Waals surface area (Å²) in [7, 11) is 0. The Bertz CT molecular complexity index is 1020. The van der Waals surface area contributed by atoms with Gasteiger partial charge < -0.3 is 4.74 Å². The van der Waals surface area contributed by atoms with Crippen LogP contribution in [0, 0.1) is 29.8 Å². The van der Waals surface area contributed by atoms with E-state index in [0.717, 1.165) is 0 Å². The molecule has 0 atom stereocenters. The number of fused-ring (bicyclic) bond motifs is 1. The number of carbonyl (C=O) groups is 1. The molecule has 0 N–H and O–H groups in total. The molecule has 2 aromatic heterocycles. The van der Waals surface area contributed by atoms with Crippen LogP contribution < -0.4 is 0 Å². The minimum absolute atomic E-state index is 0.0893. The molecule has 0 unspecified atom stereocenters. The highest BCUT2D eigenvalue weighted by Crippen LogP contribution is 2.22. The van der Waals surface area contributed by atoms with Gasteiger partial charge in [0.05, 0.1) is 10.4 Å². The maximum Gasteiger partial charge on any atom is 0.328 e. The number of nitrogens with zero attached hydrogens (tertiary/aromatic N) is 4. The van der Waals surface area contributed by atoms with Gasteiger partial charge in [-0.3, -0.25) is 24.6 Å². The second kappa shape index (κ2) is 6.87. The number of rotatable bonds is 5. The summed E-state index contributed by atoms with van der Waals surface area (Å²) in [5, 5.41) is 15.3. The Balaban J connectivity index is 1.74.